The van der Waals surface area contributed by atoms with E-state index in [4.69, 9.17) is 4.74 Å². The van der Waals surface area contributed by atoms with Gasteiger partial charge in [0.1, 0.15) is 0 Å². The van der Waals surface area contributed by atoms with E-state index < -0.39 is 0 Å². The summed E-state index contributed by atoms with van der Waals surface area (Å²) >= 11 is 0. The molecule has 1 aliphatic carbocycles. The van der Waals surface area contributed by atoms with Crippen molar-refractivity contribution in [2.24, 2.45) is 11.3 Å². The van der Waals surface area contributed by atoms with Crippen LogP contribution in [0, 0.1) is 18.3 Å². The van der Waals surface area contributed by atoms with Crippen molar-refractivity contribution in [1.82, 2.24) is 4.57 Å². The summed E-state index contributed by atoms with van der Waals surface area (Å²) in [5.41, 5.74) is 3.39. The Morgan fingerprint density at radius 2 is 2.05 bits per heavy atom. The van der Waals surface area contributed by atoms with Crippen molar-refractivity contribution < 1.29 is 9.53 Å². The number of ether oxygens (including phenoxy) is 1. The zero-order chi connectivity index (χ0) is 14.9. The first-order valence-corrected chi connectivity index (χ1v) is 7.60. The highest BCUT2D eigenvalue weighted by molar-refractivity contribution is 5.99. The quantitative estimate of drug-likeness (QED) is 0.770. The number of carbonyl (C=O) groups excluding carboxylic acids is 1. The first kappa shape index (κ1) is 15.3. The van der Waals surface area contributed by atoms with Crippen LogP contribution >= 0.6 is 0 Å². The molecule has 0 saturated heterocycles. The Hall–Kier alpha value is -1.09. The minimum Gasteiger partial charge on any atom is -0.379 e. The van der Waals surface area contributed by atoms with Gasteiger partial charge in [0.05, 0.1) is 6.61 Å². The molecule has 3 heteroatoms. The van der Waals surface area contributed by atoms with Crippen molar-refractivity contribution in [1.29, 1.82) is 0 Å². The maximum absolute atomic E-state index is 12.2. The minimum absolute atomic E-state index is 0.0748. The molecule has 1 aliphatic rings. The predicted molar refractivity (Wildman–Crippen MR) is 81.3 cm³/mol. The second-order valence-electron chi connectivity index (χ2n) is 7.21. The van der Waals surface area contributed by atoms with Crippen molar-refractivity contribution in [3.63, 3.8) is 0 Å². The SMILES string of the molecule is Cc1cc2c(n1CCOCC(C)C)CC(C)(C)CC2=O. The normalized spacial score (nSPS) is 17.6. The third kappa shape index (κ3) is 3.32. The van der Waals surface area contributed by atoms with Gasteiger partial charge in [-0.05, 0) is 30.7 Å². The van der Waals surface area contributed by atoms with Gasteiger partial charge in [0, 0.05) is 36.5 Å². The molecule has 0 aliphatic heterocycles. The van der Waals surface area contributed by atoms with Crippen LogP contribution in [-0.4, -0.2) is 23.6 Å². The predicted octanol–water partition coefficient (Wildman–Crippen LogP) is 3.62. The van der Waals surface area contributed by atoms with Gasteiger partial charge in [0.25, 0.3) is 0 Å². The summed E-state index contributed by atoms with van der Waals surface area (Å²) in [4.78, 5) is 12.2. The van der Waals surface area contributed by atoms with Gasteiger partial charge in [-0.2, -0.15) is 0 Å². The molecule has 0 atom stereocenters. The van der Waals surface area contributed by atoms with Crippen LogP contribution in [0.2, 0.25) is 0 Å². The Kier molecular flexibility index (Phi) is 4.38. The van der Waals surface area contributed by atoms with E-state index in [0.717, 1.165) is 31.7 Å². The molecular weight excluding hydrogens is 250 g/mol. The zero-order valence-corrected chi connectivity index (χ0v) is 13.5. The second-order valence-corrected chi connectivity index (χ2v) is 7.21. The van der Waals surface area contributed by atoms with Gasteiger partial charge >= 0.3 is 0 Å². The van der Waals surface area contributed by atoms with Crippen molar-refractivity contribution in [3.8, 4) is 0 Å². The summed E-state index contributed by atoms with van der Waals surface area (Å²) in [6.45, 7) is 13.1. The Morgan fingerprint density at radius 1 is 1.35 bits per heavy atom. The monoisotopic (exact) mass is 277 g/mol. The molecule has 0 N–H and O–H groups in total. The van der Waals surface area contributed by atoms with Crippen LogP contribution in [0.25, 0.3) is 0 Å². The van der Waals surface area contributed by atoms with Crippen LogP contribution in [-0.2, 0) is 17.7 Å². The summed E-state index contributed by atoms with van der Waals surface area (Å²) in [6, 6.07) is 2.05. The number of hydrogen-bond donors (Lipinski definition) is 0. The number of fused-ring (bicyclic) bond motifs is 1. The van der Waals surface area contributed by atoms with Crippen LogP contribution in [0.1, 0.15) is 55.9 Å². The number of rotatable bonds is 5. The summed E-state index contributed by atoms with van der Waals surface area (Å²) < 4.78 is 7.96. The number of aryl methyl sites for hydroxylation is 1. The molecule has 0 amide bonds. The molecule has 1 aromatic rings. The van der Waals surface area contributed by atoms with E-state index in [2.05, 4.69) is 45.3 Å². The van der Waals surface area contributed by atoms with E-state index in [0.29, 0.717) is 18.1 Å². The number of carbonyl (C=O) groups is 1. The summed E-state index contributed by atoms with van der Waals surface area (Å²) in [5, 5.41) is 0. The smallest absolute Gasteiger partial charge is 0.165 e. The lowest BCUT2D eigenvalue weighted by Gasteiger charge is -2.29. The number of ketones is 1. The van der Waals surface area contributed by atoms with E-state index in [1.807, 2.05) is 0 Å². The third-order valence-electron chi connectivity index (χ3n) is 3.91. The molecule has 0 radical (unpaired) electrons. The van der Waals surface area contributed by atoms with Crippen LogP contribution in [0.3, 0.4) is 0 Å². The molecule has 20 heavy (non-hydrogen) atoms. The summed E-state index contributed by atoms with van der Waals surface area (Å²) in [6.07, 6.45) is 1.64. The average Bonchev–Trinajstić information content (AvgIpc) is 2.60. The number of nitrogens with zero attached hydrogens (tertiary/aromatic N) is 1. The fourth-order valence-corrected chi connectivity index (χ4v) is 2.99. The van der Waals surface area contributed by atoms with Crippen molar-refractivity contribution >= 4 is 5.78 Å². The Labute approximate surface area is 122 Å². The van der Waals surface area contributed by atoms with E-state index in [9.17, 15) is 4.79 Å². The van der Waals surface area contributed by atoms with Crippen LogP contribution in [0.15, 0.2) is 6.07 Å². The van der Waals surface area contributed by atoms with Crippen molar-refractivity contribution in [2.45, 2.75) is 54.0 Å². The van der Waals surface area contributed by atoms with Gasteiger partial charge < -0.3 is 9.30 Å². The molecule has 0 bridgehead atoms. The highest BCUT2D eigenvalue weighted by atomic mass is 16.5. The van der Waals surface area contributed by atoms with Gasteiger partial charge in [-0.1, -0.05) is 27.7 Å². The van der Waals surface area contributed by atoms with Gasteiger partial charge in [-0.15, -0.1) is 0 Å². The van der Waals surface area contributed by atoms with Crippen molar-refractivity contribution in [2.75, 3.05) is 13.2 Å². The Bertz CT molecular complexity index is 497. The lowest BCUT2D eigenvalue weighted by Crippen LogP contribution is -2.28. The number of Topliss-reactive ketones (excluding diaryl/α,β-unsaturated/α-hetero) is 1. The minimum atomic E-state index is 0.0748. The van der Waals surface area contributed by atoms with Gasteiger partial charge in [0.2, 0.25) is 0 Å². The zero-order valence-electron chi connectivity index (χ0n) is 13.5. The molecule has 1 aromatic heterocycles. The maximum atomic E-state index is 12.2. The summed E-state index contributed by atoms with van der Waals surface area (Å²) in [5.74, 6) is 0.858. The molecule has 1 heterocycles. The molecule has 0 unspecified atom stereocenters. The second kappa shape index (κ2) is 5.72. The van der Waals surface area contributed by atoms with Crippen molar-refractivity contribution in [3.05, 3.63) is 23.0 Å². The van der Waals surface area contributed by atoms with Gasteiger partial charge in [-0.25, -0.2) is 0 Å². The highest BCUT2D eigenvalue weighted by Gasteiger charge is 2.33. The molecule has 0 aromatic carbocycles. The highest BCUT2D eigenvalue weighted by Crippen LogP contribution is 2.36. The largest absolute Gasteiger partial charge is 0.379 e. The molecule has 3 nitrogen and oxygen atoms in total. The molecule has 0 saturated carbocycles. The molecule has 2 rings (SSSR count). The number of hydrogen-bond acceptors (Lipinski definition) is 2. The molecule has 0 spiro atoms. The molecule has 0 fully saturated rings. The maximum Gasteiger partial charge on any atom is 0.165 e. The third-order valence-corrected chi connectivity index (χ3v) is 3.91. The molecular formula is C17H27NO2. The van der Waals surface area contributed by atoms with Crippen LogP contribution < -0.4 is 0 Å². The average molecular weight is 277 g/mol. The first-order valence-electron chi connectivity index (χ1n) is 7.60. The van der Waals surface area contributed by atoms with Crippen LogP contribution in [0.4, 0.5) is 0 Å². The van der Waals surface area contributed by atoms with Gasteiger partial charge in [-0.3, -0.25) is 4.79 Å². The van der Waals surface area contributed by atoms with Crippen LogP contribution in [0.5, 0.6) is 0 Å². The van der Waals surface area contributed by atoms with E-state index in [1.54, 1.807) is 0 Å². The van der Waals surface area contributed by atoms with Gasteiger partial charge in [0.15, 0.2) is 5.78 Å². The first-order chi connectivity index (χ1) is 9.30. The lowest BCUT2D eigenvalue weighted by molar-refractivity contribution is 0.0901. The topological polar surface area (TPSA) is 31.2 Å². The fraction of sp³-hybridized carbons (Fsp3) is 0.706. The van der Waals surface area contributed by atoms with E-state index in [1.165, 1.54) is 11.4 Å². The van der Waals surface area contributed by atoms with E-state index in [-0.39, 0.29) is 5.41 Å². The Balaban J connectivity index is 2.12. The molecule has 112 valence electrons. The van der Waals surface area contributed by atoms with E-state index >= 15 is 0 Å². The lowest BCUT2D eigenvalue weighted by atomic mass is 9.76. The number of aromatic nitrogens is 1. The fourth-order valence-electron chi connectivity index (χ4n) is 2.99. The Morgan fingerprint density at radius 3 is 2.70 bits per heavy atom. The summed E-state index contributed by atoms with van der Waals surface area (Å²) in [7, 11) is 0. The standard InChI is InChI=1S/C17H27NO2/c1-12(2)11-20-7-6-18-13(3)8-14-15(18)9-17(4,5)10-16(14)19/h8,12H,6-7,9-11H2,1-5H3.